The number of alkyl halides is 6. The lowest BCUT2D eigenvalue weighted by Crippen LogP contribution is -2.34. The monoisotopic (exact) mass is 1260 g/mol. The minimum Gasteiger partial charge on any atom is -0.444 e. The standard InChI is InChI=1S/C32H34F3N9O4.C27H26F3N9O2.CH4O/c1-31(2,3)48-30(47)42(4)14-5-6-24(45)43-15-12-22(17-43)44-28-25(27(36)38-18-39-28)26(41-44)19-7-9-20(10-8-19)29(46)40-23-16-21(11-13-37-23)32(33,34)35;1-32-10-2-3-21(40)38-12-9-19(14-38)39-25-22(24(31)34-15-35-25)23(37-39)16-4-6-17(7-5-16)26(41)36-20-13-18(8-11-33-20)27(28,29)30;1-2/h5-11,13,16,18,22H,12,14-15,17H2,1-4H3,(H2,36,38,39)(H,37,40,46);2-8,11,13,15,19,32H,9-10,12,14H2,1H3,(H2,31,34,35)(H,33,36,41);2H,1H3/b6-5+;3-2+;/t22-;19-;/m11./s1. The van der Waals surface area contributed by atoms with Crippen LogP contribution in [0.25, 0.3) is 44.6 Å². The molecule has 2 aliphatic heterocycles. The summed E-state index contributed by atoms with van der Waals surface area (Å²) in [5, 5.41) is 25.4. The number of carbonyl (C=O) groups is 5. The largest absolute Gasteiger partial charge is 0.444 e. The Labute approximate surface area is 516 Å². The van der Waals surface area contributed by atoms with Crippen LogP contribution in [0.2, 0.25) is 0 Å². The highest BCUT2D eigenvalue weighted by Gasteiger charge is 2.34. The maximum atomic E-state index is 13.1. The van der Waals surface area contributed by atoms with E-state index in [1.165, 1.54) is 47.9 Å². The molecule has 31 heteroatoms. The molecule has 0 saturated carbocycles. The topological polar surface area (TPSA) is 326 Å². The van der Waals surface area contributed by atoms with E-state index in [-0.39, 0.29) is 64.8 Å². The van der Waals surface area contributed by atoms with Crippen molar-refractivity contribution in [2.75, 3.05) is 82.6 Å². The SMILES string of the molecule is CN(C/C=C/C(=O)N1CC[C@@H](n2nc(-c3ccc(C(=O)Nc4cc(C(F)(F)F)ccn4)cc3)c3c(N)ncnc32)C1)C(=O)OC(C)(C)C.CNC/C=C/C(=O)N1CC[C@@H](n2nc(-c3ccc(C(=O)Nc4cc(C(F)(F)F)ccn4)cc3)c3c(N)ncnc32)C1.CO. The molecular weight excluding hydrogens is 1200 g/mol. The zero-order valence-electron chi connectivity index (χ0n) is 50.0. The number of hydrogen-bond donors (Lipinski definition) is 6. The Balaban J connectivity index is 0.000000231. The highest BCUT2D eigenvalue weighted by molar-refractivity contribution is 6.06. The van der Waals surface area contributed by atoms with E-state index in [2.05, 4.69) is 45.9 Å². The number of aromatic nitrogens is 10. The number of halogens is 6. The zero-order valence-corrected chi connectivity index (χ0v) is 50.0. The number of rotatable bonds is 14. The van der Waals surface area contributed by atoms with E-state index in [0.29, 0.717) is 90.1 Å². The molecule has 2 aliphatic rings. The number of benzene rings is 2. The number of carbonyl (C=O) groups excluding carboxylic acids is 5. The number of aliphatic hydroxyl groups is 1. The first-order valence-electron chi connectivity index (χ1n) is 28.1. The number of anilines is 4. The number of nitrogen functional groups attached to an aromatic ring is 2. The van der Waals surface area contributed by atoms with Gasteiger partial charge in [0.2, 0.25) is 11.8 Å². The molecule has 5 amide bonds. The number of likely N-dealkylation sites (tertiary alicyclic amines) is 2. The molecule has 8 N–H and O–H groups in total. The first-order chi connectivity index (χ1) is 43.3. The average Bonchev–Trinajstić information content (AvgIpc) is 1.63. The highest BCUT2D eigenvalue weighted by atomic mass is 19.4. The molecule has 0 spiro atoms. The fourth-order valence-electron chi connectivity index (χ4n) is 9.69. The maximum Gasteiger partial charge on any atom is 0.416 e. The molecule has 0 unspecified atom stereocenters. The minimum atomic E-state index is -4.58. The number of ether oxygens (including phenoxy) is 1. The lowest BCUT2D eigenvalue weighted by Gasteiger charge is -2.23. The van der Waals surface area contributed by atoms with Gasteiger partial charge in [-0.1, -0.05) is 36.4 Å². The summed E-state index contributed by atoms with van der Waals surface area (Å²) in [6.45, 7) is 7.96. The van der Waals surface area contributed by atoms with E-state index in [0.717, 1.165) is 43.8 Å². The van der Waals surface area contributed by atoms with Crippen LogP contribution in [-0.2, 0) is 26.7 Å². The molecule has 10 rings (SSSR count). The molecule has 25 nitrogen and oxygen atoms in total. The Bertz CT molecular complexity index is 4000. The number of fused-ring (bicyclic) bond motifs is 2. The van der Waals surface area contributed by atoms with Crippen molar-refractivity contribution < 1.29 is 60.2 Å². The fourth-order valence-corrected chi connectivity index (χ4v) is 9.69. The van der Waals surface area contributed by atoms with Crippen LogP contribution in [0.5, 0.6) is 0 Å². The van der Waals surface area contributed by atoms with Crippen molar-refractivity contribution in [2.24, 2.45) is 0 Å². The minimum absolute atomic E-state index is 0.0808. The van der Waals surface area contributed by atoms with Crippen LogP contribution < -0.4 is 27.4 Å². The molecule has 2 fully saturated rings. The fraction of sp³-hybridized carbons (Fsp3) is 0.317. The number of amides is 5. The van der Waals surface area contributed by atoms with E-state index < -0.39 is 47.0 Å². The third kappa shape index (κ3) is 16.3. The van der Waals surface area contributed by atoms with Gasteiger partial charge in [0.05, 0.1) is 34.0 Å². The van der Waals surface area contributed by atoms with Crippen LogP contribution in [0.15, 0.2) is 122 Å². The second-order valence-corrected chi connectivity index (χ2v) is 21.6. The Morgan fingerprint density at radius 1 is 0.637 bits per heavy atom. The third-order valence-electron chi connectivity index (χ3n) is 14.1. The van der Waals surface area contributed by atoms with Gasteiger partial charge in [-0.3, -0.25) is 19.2 Å². The van der Waals surface area contributed by atoms with E-state index in [1.54, 1.807) is 96.5 Å². The quantitative estimate of drug-likeness (QED) is 0.0446. The first-order valence-corrected chi connectivity index (χ1v) is 28.1. The summed E-state index contributed by atoms with van der Waals surface area (Å²) in [5.41, 5.74) is 13.6. The van der Waals surface area contributed by atoms with Crippen LogP contribution in [-0.4, -0.2) is 165 Å². The normalized spacial score (nSPS) is 15.1. The van der Waals surface area contributed by atoms with Crippen LogP contribution in [0, 0.1) is 0 Å². The van der Waals surface area contributed by atoms with Gasteiger partial charge in [0, 0.05) is 100 Å². The molecule has 0 bridgehead atoms. The summed E-state index contributed by atoms with van der Waals surface area (Å²) in [6.07, 6.45) is 2.63. The number of nitrogens with zero attached hydrogens (tertiary/aromatic N) is 13. The number of hydrogen-bond acceptors (Lipinski definition) is 18. The molecule has 91 heavy (non-hydrogen) atoms. The summed E-state index contributed by atoms with van der Waals surface area (Å²) in [5.74, 6) is -1.59. The molecule has 478 valence electrons. The summed E-state index contributed by atoms with van der Waals surface area (Å²) < 4.78 is 87.0. The van der Waals surface area contributed by atoms with Crippen molar-refractivity contribution in [2.45, 2.75) is 63.7 Å². The Kier molecular flexibility index (Phi) is 20.7. The molecule has 0 radical (unpaired) electrons. The lowest BCUT2D eigenvalue weighted by molar-refractivity contribution is -0.138. The van der Waals surface area contributed by atoms with Gasteiger partial charge in [0.15, 0.2) is 11.3 Å². The average molecular weight is 1260 g/mol. The van der Waals surface area contributed by atoms with Crippen molar-refractivity contribution in [3.63, 3.8) is 0 Å². The van der Waals surface area contributed by atoms with Gasteiger partial charge in [-0.2, -0.15) is 36.5 Å². The number of nitrogens with two attached hydrogens (primary N) is 2. The number of likely N-dealkylation sites (N-methyl/N-ethyl adjacent to an activating group) is 2. The molecule has 2 aromatic carbocycles. The molecule has 2 atom stereocenters. The predicted molar refractivity (Wildman–Crippen MR) is 324 cm³/mol. The van der Waals surface area contributed by atoms with Gasteiger partial charge in [-0.25, -0.2) is 44.1 Å². The lowest BCUT2D eigenvalue weighted by atomic mass is 10.1. The van der Waals surface area contributed by atoms with Crippen molar-refractivity contribution in [3.05, 3.63) is 144 Å². The predicted octanol–water partition coefficient (Wildman–Crippen LogP) is 7.84. The second kappa shape index (κ2) is 28.4. The van der Waals surface area contributed by atoms with Crippen molar-refractivity contribution >= 4 is 75.1 Å². The molecule has 8 heterocycles. The van der Waals surface area contributed by atoms with Gasteiger partial charge >= 0.3 is 18.4 Å². The number of pyridine rings is 2. The third-order valence-corrected chi connectivity index (χ3v) is 14.1. The van der Waals surface area contributed by atoms with Crippen LogP contribution in [0.3, 0.4) is 0 Å². The highest BCUT2D eigenvalue weighted by Crippen LogP contribution is 2.37. The Morgan fingerprint density at radius 3 is 1.45 bits per heavy atom. The number of aliphatic hydroxyl groups excluding tert-OH is 1. The summed E-state index contributed by atoms with van der Waals surface area (Å²) in [6, 6.07) is 15.5. The smallest absolute Gasteiger partial charge is 0.416 e. The molecule has 2 saturated heterocycles. The van der Waals surface area contributed by atoms with E-state index in [4.69, 9.17) is 31.5 Å². The summed E-state index contributed by atoms with van der Waals surface area (Å²) in [4.78, 5) is 92.6. The number of nitrogens with one attached hydrogen (secondary N) is 3. The van der Waals surface area contributed by atoms with Crippen molar-refractivity contribution in [3.8, 4) is 22.5 Å². The van der Waals surface area contributed by atoms with Gasteiger partial charge in [0.25, 0.3) is 11.8 Å². The second-order valence-electron chi connectivity index (χ2n) is 21.6. The van der Waals surface area contributed by atoms with E-state index in [1.807, 2.05) is 0 Å². The van der Waals surface area contributed by atoms with Crippen molar-refractivity contribution in [1.29, 1.82) is 0 Å². The van der Waals surface area contributed by atoms with Crippen molar-refractivity contribution in [1.82, 2.24) is 69.5 Å². The van der Waals surface area contributed by atoms with E-state index in [9.17, 15) is 50.3 Å². The van der Waals surface area contributed by atoms with Crippen LogP contribution in [0.1, 0.15) is 77.5 Å². The van der Waals surface area contributed by atoms with E-state index >= 15 is 0 Å². The van der Waals surface area contributed by atoms with Gasteiger partial charge in [-0.05, 0) is 89.2 Å². The Hall–Kier alpha value is -10.4. The van der Waals surface area contributed by atoms with Crippen LogP contribution in [0.4, 0.5) is 54.4 Å². The van der Waals surface area contributed by atoms with Gasteiger partial charge in [-0.15, -0.1) is 0 Å². The molecule has 6 aromatic heterocycles. The molecule has 8 aromatic rings. The first kappa shape index (κ1) is 66.5. The molecule has 0 aliphatic carbocycles. The summed E-state index contributed by atoms with van der Waals surface area (Å²) >= 11 is 0. The van der Waals surface area contributed by atoms with Crippen LogP contribution >= 0.6 is 0 Å². The van der Waals surface area contributed by atoms with Gasteiger partial charge < -0.3 is 52.0 Å². The zero-order chi connectivity index (χ0) is 66.0. The summed E-state index contributed by atoms with van der Waals surface area (Å²) in [7, 11) is 4.39. The Morgan fingerprint density at radius 2 is 1.05 bits per heavy atom. The molecular formula is C60H64F6N18O7. The maximum absolute atomic E-state index is 13.1. The van der Waals surface area contributed by atoms with Gasteiger partial charge in [0.1, 0.15) is 52.9 Å².